The predicted molar refractivity (Wildman–Crippen MR) is 79.3 cm³/mol. The molecule has 1 heterocycles. The summed E-state index contributed by atoms with van der Waals surface area (Å²) in [4.78, 5) is 2.38. The van der Waals surface area contributed by atoms with E-state index >= 15 is 0 Å². The van der Waals surface area contributed by atoms with Gasteiger partial charge in [0.25, 0.3) is 0 Å². The van der Waals surface area contributed by atoms with Crippen molar-refractivity contribution in [1.82, 2.24) is 4.90 Å². The predicted octanol–water partition coefficient (Wildman–Crippen LogP) is 4.93. The Labute approximate surface area is 125 Å². The van der Waals surface area contributed by atoms with Gasteiger partial charge in [0.1, 0.15) is 0 Å². The van der Waals surface area contributed by atoms with Crippen molar-refractivity contribution < 1.29 is 13.2 Å². The number of halogens is 3. The van der Waals surface area contributed by atoms with E-state index in [4.69, 9.17) is 0 Å². The fourth-order valence-electron chi connectivity index (χ4n) is 3.11. The van der Waals surface area contributed by atoms with Crippen LogP contribution in [-0.2, 0) is 6.18 Å². The van der Waals surface area contributed by atoms with Gasteiger partial charge in [-0.2, -0.15) is 13.2 Å². The molecule has 4 heteroatoms. The van der Waals surface area contributed by atoms with Crippen LogP contribution in [0.5, 0.6) is 0 Å². The molecule has 0 radical (unpaired) electrons. The molecule has 1 saturated heterocycles. The summed E-state index contributed by atoms with van der Waals surface area (Å²) in [5.41, 5.74) is 0.506. The lowest BCUT2D eigenvalue weighted by atomic mass is 9.88. The first-order valence-corrected chi connectivity index (χ1v) is 7.55. The third-order valence-corrected chi connectivity index (χ3v) is 3.89. The van der Waals surface area contributed by atoms with E-state index in [0.717, 1.165) is 44.1 Å². The fourth-order valence-corrected chi connectivity index (χ4v) is 3.11. The zero-order valence-corrected chi connectivity index (χ0v) is 13.0. The summed E-state index contributed by atoms with van der Waals surface area (Å²) in [6.07, 6.45) is -2.23. The Balaban J connectivity index is 2.11. The number of piperidine rings is 1. The largest absolute Gasteiger partial charge is 0.416 e. The number of hydrogen-bond acceptors (Lipinski definition) is 1. The molecular weight excluding hydrogens is 275 g/mol. The number of benzene rings is 1. The summed E-state index contributed by atoms with van der Waals surface area (Å²) in [6, 6.07) is 5.84. The number of likely N-dealkylation sites (tertiary alicyclic amines) is 1. The third kappa shape index (κ3) is 4.73. The maximum atomic E-state index is 12.8. The standard InChI is InChI=1S/C17H24F3N/c1-16(2,3)12-21-9-5-7-14(11-21)13-6-4-8-15(10-13)17(18,19)20/h4,6,8,10,14H,5,7,9,11-12H2,1-3H3. The second-order valence-corrected chi connectivity index (χ2v) is 7.26. The minimum absolute atomic E-state index is 0.211. The summed E-state index contributed by atoms with van der Waals surface area (Å²) in [6.45, 7) is 9.48. The molecule has 1 unspecified atom stereocenters. The molecule has 0 N–H and O–H groups in total. The second kappa shape index (κ2) is 5.99. The van der Waals surface area contributed by atoms with E-state index in [0.29, 0.717) is 0 Å². The Morgan fingerprint density at radius 1 is 1.19 bits per heavy atom. The van der Waals surface area contributed by atoms with Crippen LogP contribution < -0.4 is 0 Å². The first-order valence-electron chi connectivity index (χ1n) is 7.55. The highest BCUT2D eigenvalue weighted by molar-refractivity contribution is 5.28. The Bertz CT molecular complexity index is 474. The summed E-state index contributed by atoms with van der Waals surface area (Å²) in [5.74, 6) is 0.211. The van der Waals surface area contributed by atoms with Crippen LogP contribution in [-0.4, -0.2) is 24.5 Å². The molecule has 1 fully saturated rings. The Morgan fingerprint density at radius 3 is 2.52 bits per heavy atom. The highest BCUT2D eigenvalue weighted by atomic mass is 19.4. The van der Waals surface area contributed by atoms with Crippen LogP contribution in [0.1, 0.15) is 50.7 Å². The van der Waals surface area contributed by atoms with Crippen molar-refractivity contribution in [3.05, 3.63) is 35.4 Å². The van der Waals surface area contributed by atoms with Crippen molar-refractivity contribution >= 4 is 0 Å². The Hall–Kier alpha value is -1.03. The van der Waals surface area contributed by atoms with Gasteiger partial charge < -0.3 is 4.90 Å². The lowest BCUT2D eigenvalue weighted by Gasteiger charge is -2.37. The van der Waals surface area contributed by atoms with Gasteiger partial charge in [-0.05, 0) is 42.3 Å². The molecule has 21 heavy (non-hydrogen) atoms. The van der Waals surface area contributed by atoms with Crippen LogP contribution in [0.25, 0.3) is 0 Å². The summed E-state index contributed by atoms with van der Waals surface area (Å²) >= 11 is 0. The van der Waals surface area contributed by atoms with Crippen molar-refractivity contribution in [2.45, 2.75) is 45.7 Å². The molecule has 2 rings (SSSR count). The van der Waals surface area contributed by atoms with Crippen LogP contribution >= 0.6 is 0 Å². The Morgan fingerprint density at radius 2 is 1.90 bits per heavy atom. The van der Waals surface area contributed by atoms with Gasteiger partial charge in [-0.3, -0.25) is 0 Å². The molecule has 1 atom stereocenters. The monoisotopic (exact) mass is 299 g/mol. The Kier molecular flexibility index (Phi) is 4.66. The quantitative estimate of drug-likeness (QED) is 0.748. The highest BCUT2D eigenvalue weighted by Crippen LogP contribution is 2.34. The first kappa shape index (κ1) is 16.3. The SMILES string of the molecule is CC(C)(C)CN1CCCC(c2cccc(C(F)(F)F)c2)C1. The molecule has 0 bridgehead atoms. The second-order valence-electron chi connectivity index (χ2n) is 7.26. The van der Waals surface area contributed by atoms with Gasteiger partial charge in [0, 0.05) is 13.1 Å². The van der Waals surface area contributed by atoms with E-state index in [1.54, 1.807) is 0 Å². The van der Waals surface area contributed by atoms with Gasteiger partial charge in [-0.1, -0.05) is 39.0 Å². The molecule has 0 aliphatic carbocycles. The highest BCUT2D eigenvalue weighted by Gasteiger charge is 2.31. The van der Waals surface area contributed by atoms with Gasteiger partial charge in [0.2, 0.25) is 0 Å². The van der Waals surface area contributed by atoms with Gasteiger partial charge >= 0.3 is 6.18 Å². The minimum Gasteiger partial charge on any atom is -0.302 e. The lowest BCUT2D eigenvalue weighted by molar-refractivity contribution is -0.137. The molecule has 1 aromatic rings. The average Bonchev–Trinajstić information content (AvgIpc) is 2.36. The van der Waals surface area contributed by atoms with Crippen molar-refractivity contribution in [3.8, 4) is 0 Å². The number of rotatable bonds is 2. The van der Waals surface area contributed by atoms with Gasteiger partial charge in [-0.15, -0.1) is 0 Å². The number of alkyl halides is 3. The minimum atomic E-state index is -4.25. The van der Waals surface area contributed by atoms with E-state index in [1.807, 2.05) is 6.07 Å². The summed E-state index contributed by atoms with van der Waals surface area (Å²) in [5, 5.41) is 0. The molecule has 1 aliphatic heterocycles. The van der Waals surface area contributed by atoms with E-state index in [1.165, 1.54) is 12.1 Å². The smallest absolute Gasteiger partial charge is 0.302 e. The van der Waals surface area contributed by atoms with Gasteiger partial charge in [0.05, 0.1) is 5.56 Å². The zero-order chi connectivity index (χ0) is 15.7. The lowest BCUT2D eigenvalue weighted by Crippen LogP contribution is -2.39. The summed E-state index contributed by atoms with van der Waals surface area (Å²) < 4.78 is 38.5. The molecular formula is C17H24F3N. The van der Waals surface area contributed by atoms with Crippen molar-refractivity contribution in [1.29, 1.82) is 0 Å². The normalized spacial score (nSPS) is 21.5. The van der Waals surface area contributed by atoms with E-state index < -0.39 is 11.7 Å². The average molecular weight is 299 g/mol. The molecule has 118 valence electrons. The number of hydrogen-bond donors (Lipinski definition) is 0. The van der Waals surface area contributed by atoms with E-state index in [9.17, 15) is 13.2 Å². The van der Waals surface area contributed by atoms with Crippen molar-refractivity contribution in [3.63, 3.8) is 0 Å². The molecule has 0 saturated carbocycles. The van der Waals surface area contributed by atoms with Gasteiger partial charge in [-0.25, -0.2) is 0 Å². The van der Waals surface area contributed by atoms with Crippen LogP contribution in [0.15, 0.2) is 24.3 Å². The molecule has 0 spiro atoms. The maximum Gasteiger partial charge on any atom is 0.416 e. The van der Waals surface area contributed by atoms with E-state index in [-0.39, 0.29) is 11.3 Å². The first-order chi connectivity index (χ1) is 9.65. The van der Waals surface area contributed by atoms with Crippen LogP contribution in [0.3, 0.4) is 0 Å². The number of nitrogens with zero attached hydrogens (tertiary/aromatic N) is 1. The molecule has 1 aromatic carbocycles. The zero-order valence-electron chi connectivity index (χ0n) is 13.0. The third-order valence-electron chi connectivity index (χ3n) is 3.89. The topological polar surface area (TPSA) is 3.24 Å². The molecule has 0 amide bonds. The van der Waals surface area contributed by atoms with Crippen molar-refractivity contribution in [2.75, 3.05) is 19.6 Å². The molecule has 0 aromatic heterocycles. The molecule has 1 aliphatic rings. The summed E-state index contributed by atoms with van der Waals surface area (Å²) in [7, 11) is 0. The fraction of sp³-hybridized carbons (Fsp3) is 0.647. The van der Waals surface area contributed by atoms with Crippen LogP contribution in [0, 0.1) is 5.41 Å². The van der Waals surface area contributed by atoms with Gasteiger partial charge in [0.15, 0.2) is 0 Å². The van der Waals surface area contributed by atoms with E-state index in [2.05, 4.69) is 25.7 Å². The van der Waals surface area contributed by atoms with Crippen LogP contribution in [0.4, 0.5) is 13.2 Å². The maximum absolute atomic E-state index is 12.8. The van der Waals surface area contributed by atoms with Crippen molar-refractivity contribution in [2.24, 2.45) is 5.41 Å². The van der Waals surface area contributed by atoms with Crippen LogP contribution in [0.2, 0.25) is 0 Å². The molecule has 1 nitrogen and oxygen atoms in total.